The summed E-state index contributed by atoms with van der Waals surface area (Å²) in [5.74, 6) is -0.847. The zero-order valence-corrected chi connectivity index (χ0v) is 12.1. The molecule has 6 nitrogen and oxygen atoms in total. The third-order valence-electron chi connectivity index (χ3n) is 2.51. The van der Waals surface area contributed by atoms with Crippen LogP contribution in [-0.4, -0.2) is 38.5 Å². The Labute approximate surface area is 118 Å². The van der Waals surface area contributed by atoms with Crippen LogP contribution < -0.4 is 4.72 Å². The van der Waals surface area contributed by atoms with Crippen LogP contribution in [-0.2, 0) is 26.0 Å². The Balaban J connectivity index is 2.55. The first-order chi connectivity index (χ1) is 9.46. The topological polar surface area (TPSA) is 92.7 Å². The molecule has 0 saturated carbocycles. The van der Waals surface area contributed by atoms with E-state index in [-0.39, 0.29) is 25.4 Å². The van der Waals surface area contributed by atoms with Crippen LogP contribution >= 0.6 is 0 Å². The second-order valence-electron chi connectivity index (χ2n) is 4.15. The van der Waals surface area contributed by atoms with Crippen molar-refractivity contribution in [2.24, 2.45) is 0 Å². The molecular formula is C13H19NO5S. The van der Waals surface area contributed by atoms with Gasteiger partial charge in [-0.15, -0.1) is 0 Å². The van der Waals surface area contributed by atoms with Crippen molar-refractivity contribution in [3.63, 3.8) is 0 Å². The van der Waals surface area contributed by atoms with Crippen molar-refractivity contribution in [3.8, 4) is 0 Å². The molecule has 0 radical (unpaired) electrons. The Bertz CT molecular complexity index is 524. The Hall–Kier alpha value is -1.60. The van der Waals surface area contributed by atoms with E-state index in [1.165, 1.54) is 0 Å². The minimum absolute atomic E-state index is 0.0462. The quantitative estimate of drug-likeness (QED) is 0.696. The molecule has 7 heteroatoms. The SMILES string of the molecule is CCOC(=O)CCS(=O)(=O)Nc1ccc(CCO)cc1. The summed E-state index contributed by atoms with van der Waals surface area (Å²) in [4.78, 5) is 11.1. The number of aliphatic hydroxyl groups excluding tert-OH is 1. The van der Waals surface area contributed by atoms with E-state index in [9.17, 15) is 13.2 Å². The number of nitrogens with one attached hydrogen (secondary N) is 1. The van der Waals surface area contributed by atoms with Crippen LogP contribution in [0.3, 0.4) is 0 Å². The van der Waals surface area contributed by atoms with Gasteiger partial charge in [-0.1, -0.05) is 12.1 Å². The van der Waals surface area contributed by atoms with Gasteiger partial charge in [-0.3, -0.25) is 9.52 Å². The number of hydrogen-bond acceptors (Lipinski definition) is 5. The number of aliphatic hydroxyl groups is 1. The lowest BCUT2D eigenvalue weighted by molar-refractivity contribution is -0.142. The summed E-state index contributed by atoms with van der Waals surface area (Å²) >= 11 is 0. The normalized spacial score (nSPS) is 11.1. The molecule has 0 heterocycles. The van der Waals surface area contributed by atoms with Gasteiger partial charge >= 0.3 is 5.97 Å². The molecule has 0 amide bonds. The molecule has 0 bridgehead atoms. The van der Waals surface area contributed by atoms with Crippen molar-refractivity contribution in [1.29, 1.82) is 0 Å². The first kappa shape index (κ1) is 16.5. The van der Waals surface area contributed by atoms with Crippen molar-refractivity contribution < 1.29 is 23.1 Å². The molecule has 112 valence electrons. The highest BCUT2D eigenvalue weighted by atomic mass is 32.2. The van der Waals surface area contributed by atoms with Gasteiger partial charge in [-0.25, -0.2) is 8.42 Å². The monoisotopic (exact) mass is 301 g/mol. The third kappa shape index (κ3) is 6.03. The molecule has 0 saturated heterocycles. The van der Waals surface area contributed by atoms with Gasteiger partial charge in [0.05, 0.1) is 18.8 Å². The van der Waals surface area contributed by atoms with Gasteiger partial charge in [0.2, 0.25) is 10.0 Å². The van der Waals surface area contributed by atoms with Gasteiger partial charge in [-0.2, -0.15) is 0 Å². The summed E-state index contributed by atoms with van der Waals surface area (Å²) in [6.07, 6.45) is 0.349. The summed E-state index contributed by atoms with van der Waals surface area (Å²) in [5, 5.41) is 8.79. The molecule has 0 spiro atoms. The van der Waals surface area contributed by atoms with Gasteiger partial charge in [-0.05, 0) is 31.0 Å². The first-order valence-electron chi connectivity index (χ1n) is 6.32. The van der Waals surface area contributed by atoms with E-state index in [0.717, 1.165) is 5.56 Å². The predicted octanol–water partition coefficient (Wildman–Crippen LogP) is 0.916. The van der Waals surface area contributed by atoms with Gasteiger partial charge in [0.25, 0.3) is 0 Å². The zero-order valence-electron chi connectivity index (χ0n) is 11.3. The third-order valence-corrected chi connectivity index (χ3v) is 3.80. The number of sulfonamides is 1. The lowest BCUT2D eigenvalue weighted by Gasteiger charge is -2.08. The summed E-state index contributed by atoms with van der Waals surface area (Å²) in [6, 6.07) is 6.71. The highest BCUT2D eigenvalue weighted by Crippen LogP contribution is 2.12. The molecule has 0 aliphatic carbocycles. The number of carbonyl (C=O) groups excluding carboxylic acids is 1. The molecule has 0 fully saturated rings. The maximum Gasteiger partial charge on any atom is 0.306 e. The highest BCUT2D eigenvalue weighted by molar-refractivity contribution is 7.92. The number of ether oxygens (including phenoxy) is 1. The maximum absolute atomic E-state index is 11.8. The smallest absolute Gasteiger partial charge is 0.306 e. The van der Waals surface area contributed by atoms with Crippen molar-refractivity contribution in [2.75, 3.05) is 23.7 Å². The predicted molar refractivity (Wildman–Crippen MR) is 75.9 cm³/mol. The number of hydrogen-bond donors (Lipinski definition) is 2. The second kappa shape index (κ2) is 7.86. The number of anilines is 1. The number of benzene rings is 1. The van der Waals surface area contributed by atoms with Gasteiger partial charge in [0.1, 0.15) is 0 Å². The van der Waals surface area contributed by atoms with E-state index in [4.69, 9.17) is 5.11 Å². The number of esters is 1. The van der Waals surface area contributed by atoms with Crippen molar-refractivity contribution in [1.82, 2.24) is 0 Å². The molecule has 1 rings (SSSR count). The van der Waals surface area contributed by atoms with Crippen molar-refractivity contribution in [3.05, 3.63) is 29.8 Å². The van der Waals surface area contributed by atoms with Crippen LogP contribution in [0.15, 0.2) is 24.3 Å². The van der Waals surface area contributed by atoms with Crippen LogP contribution in [0.4, 0.5) is 5.69 Å². The van der Waals surface area contributed by atoms with E-state index in [0.29, 0.717) is 12.1 Å². The minimum Gasteiger partial charge on any atom is -0.466 e. The van der Waals surface area contributed by atoms with Crippen LogP contribution in [0, 0.1) is 0 Å². The molecule has 0 aliphatic rings. The zero-order chi connectivity index (χ0) is 15.0. The Kier molecular flexibility index (Phi) is 6.47. The molecule has 20 heavy (non-hydrogen) atoms. The molecule has 0 atom stereocenters. The minimum atomic E-state index is -3.57. The van der Waals surface area contributed by atoms with Crippen LogP contribution in [0.25, 0.3) is 0 Å². The molecule has 0 unspecified atom stereocenters. The average molecular weight is 301 g/mol. The average Bonchev–Trinajstić information content (AvgIpc) is 2.39. The standard InChI is InChI=1S/C13H19NO5S/c1-2-19-13(16)8-10-20(17,18)14-12-5-3-11(4-6-12)7-9-15/h3-6,14-15H,2,7-10H2,1H3. The lowest BCUT2D eigenvalue weighted by Crippen LogP contribution is -2.20. The highest BCUT2D eigenvalue weighted by Gasteiger charge is 2.14. The summed E-state index contributed by atoms with van der Waals surface area (Å²) < 4.78 is 30.6. The van der Waals surface area contributed by atoms with Crippen LogP contribution in [0.2, 0.25) is 0 Å². The fourth-order valence-electron chi connectivity index (χ4n) is 1.55. The van der Waals surface area contributed by atoms with E-state index < -0.39 is 16.0 Å². The molecule has 1 aromatic carbocycles. The van der Waals surface area contributed by atoms with E-state index in [1.807, 2.05) is 0 Å². The first-order valence-corrected chi connectivity index (χ1v) is 7.98. The van der Waals surface area contributed by atoms with Crippen molar-refractivity contribution in [2.45, 2.75) is 19.8 Å². The molecule has 0 aliphatic heterocycles. The van der Waals surface area contributed by atoms with E-state index in [2.05, 4.69) is 9.46 Å². The fourth-order valence-corrected chi connectivity index (χ4v) is 2.58. The lowest BCUT2D eigenvalue weighted by atomic mass is 10.1. The summed E-state index contributed by atoms with van der Waals surface area (Å²) in [7, 11) is -3.57. The van der Waals surface area contributed by atoms with Crippen molar-refractivity contribution >= 4 is 21.7 Å². The second-order valence-corrected chi connectivity index (χ2v) is 5.99. The summed E-state index contributed by atoms with van der Waals surface area (Å²) in [5.41, 5.74) is 1.34. The van der Waals surface area contributed by atoms with E-state index >= 15 is 0 Å². The molecule has 1 aromatic rings. The van der Waals surface area contributed by atoms with Crippen LogP contribution in [0.1, 0.15) is 18.9 Å². The van der Waals surface area contributed by atoms with Crippen LogP contribution in [0.5, 0.6) is 0 Å². The Morgan fingerprint density at radius 1 is 1.30 bits per heavy atom. The number of rotatable bonds is 8. The number of carbonyl (C=O) groups is 1. The van der Waals surface area contributed by atoms with E-state index in [1.54, 1.807) is 31.2 Å². The van der Waals surface area contributed by atoms with Gasteiger partial charge in [0.15, 0.2) is 0 Å². The fraction of sp³-hybridized carbons (Fsp3) is 0.462. The van der Waals surface area contributed by atoms with Gasteiger partial charge in [0, 0.05) is 12.3 Å². The molecule has 2 N–H and O–H groups in total. The summed E-state index contributed by atoms with van der Waals surface area (Å²) in [6.45, 7) is 1.95. The largest absolute Gasteiger partial charge is 0.466 e. The Morgan fingerprint density at radius 2 is 1.95 bits per heavy atom. The Morgan fingerprint density at radius 3 is 2.50 bits per heavy atom. The molecule has 0 aromatic heterocycles. The molecular weight excluding hydrogens is 282 g/mol. The maximum atomic E-state index is 11.8. The van der Waals surface area contributed by atoms with Gasteiger partial charge < -0.3 is 9.84 Å².